The van der Waals surface area contributed by atoms with Crippen LogP contribution in [0, 0.1) is 0 Å². The fourth-order valence-electron chi connectivity index (χ4n) is 3.11. The van der Waals surface area contributed by atoms with Crippen molar-refractivity contribution in [1.82, 2.24) is 4.98 Å². The summed E-state index contributed by atoms with van der Waals surface area (Å²) in [4.78, 5) is 4.46. The molecule has 0 aliphatic carbocycles. The van der Waals surface area contributed by atoms with Crippen LogP contribution in [0.25, 0.3) is 16.5 Å². The highest BCUT2D eigenvalue weighted by Gasteiger charge is 2.13. The Morgan fingerprint density at radius 2 is 1.50 bits per heavy atom. The molecule has 5 heteroatoms. The lowest BCUT2D eigenvalue weighted by Gasteiger charge is -2.15. The first-order valence-corrected chi connectivity index (χ1v) is 10.3. The molecule has 0 aliphatic rings. The molecular formula is C27H29NO4. The molecule has 1 N–H and O–H groups in total. The predicted octanol–water partition coefficient (Wildman–Crippen LogP) is 6.68. The summed E-state index contributed by atoms with van der Waals surface area (Å²) < 4.78 is 17.3. The molecule has 0 radical (unpaired) electrons. The molecule has 0 unspecified atom stereocenters. The maximum Gasteiger partial charge on any atom is 0.162 e. The fourth-order valence-corrected chi connectivity index (χ4v) is 3.11. The molecule has 32 heavy (non-hydrogen) atoms. The summed E-state index contributed by atoms with van der Waals surface area (Å²) in [5.41, 5.74) is 5.03. The van der Waals surface area contributed by atoms with Gasteiger partial charge in [0, 0.05) is 17.6 Å². The third kappa shape index (κ3) is 5.11. The number of hydrogen-bond acceptors (Lipinski definition) is 5. The SMILES string of the molecule is COc1cc2nccc(OC(/C=C\C(C)=C(C)C)=C(/C)c3ccc(O)cc3)c2cc1OC. The van der Waals surface area contributed by atoms with Crippen molar-refractivity contribution in [3.8, 4) is 23.0 Å². The minimum atomic E-state index is 0.223. The van der Waals surface area contributed by atoms with Crippen LogP contribution in [-0.4, -0.2) is 24.3 Å². The highest BCUT2D eigenvalue weighted by atomic mass is 16.5. The molecule has 0 saturated carbocycles. The van der Waals surface area contributed by atoms with Gasteiger partial charge in [-0.05, 0) is 69.2 Å². The molecule has 3 aromatic rings. The van der Waals surface area contributed by atoms with Crippen LogP contribution in [0.5, 0.6) is 23.0 Å². The number of aromatic hydroxyl groups is 1. The number of benzene rings is 2. The third-order valence-corrected chi connectivity index (χ3v) is 5.37. The first-order valence-electron chi connectivity index (χ1n) is 10.3. The zero-order valence-electron chi connectivity index (χ0n) is 19.4. The lowest BCUT2D eigenvalue weighted by Crippen LogP contribution is -1.99. The van der Waals surface area contributed by atoms with Crippen molar-refractivity contribution in [2.24, 2.45) is 0 Å². The second kappa shape index (κ2) is 10.1. The monoisotopic (exact) mass is 431 g/mol. The van der Waals surface area contributed by atoms with Gasteiger partial charge in [-0.15, -0.1) is 0 Å². The molecule has 0 saturated heterocycles. The molecule has 0 fully saturated rings. The van der Waals surface area contributed by atoms with Gasteiger partial charge in [0.2, 0.25) is 0 Å². The number of hydrogen-bond donors (Lipinski definition) is 1. The van der Waals surface area contributed by atoms with Crippen LogP contribution in [0.2, 0.25) is 0 Å². The maximum atomic E-state index is 9.66. The second-order valence-corrected chi connectivity index (χ2v) is 7.69. The highest BCUT2D eigenvalue weighted by molar-refractivity contribution is 5.88. The van der Waals surface area contributed by atoms with E-state index in [-0.39, 0.29) is 5.75 Å². The van der Waals surface area contributed by atoms with Crippen LogP contribution in [0.4, 0.5) is 0 Å². The summed E-state index contributed by atoms with van der Waals surface area (Å²) in [5, 5.41) is 10.5. The van der Waals surface area contributed by atoms with Gasteiger partial charge in [-0.1, -0.05) is 29.4 Å². The van der Waals surface area contributed by atoms with Gasteiger partial charge in [0.15, 0.2) is 11.5 Å². The smallest absolute Gasteiger partial charge is 0.162 e. The fraction of sp³-hybridized carbons (Fsp3) is 0.222. The number of nitrogens with zero attached hydrogens (tertiary/aromatic N) is 1. The number of pyridine rings is 1. The Bertz CT molecular complexity index is 1200. The number of ether oxygens (including phenoxy) is 3. The Morgan fingerprint density at radius 3 is 2.12 bits per heavy atom. The van der Waals surface area contributed by atoms with E-state index in [2.05, 4.69) is 25.8 Å². The molecule has 0 amide bonds. The molecule has 2 aromatic carbocycles. The van der Waals surface area contributed by atoms with Crippen molar-refractivity contribution >= 4 is 16.5 Å². The average molecular weight is 432 g/mol. The third-order valence-electron chi connectivity index (χ3n) is 5.37. The van der Waals surface area contributed by atoms with Crippen molar-refractivity contribution in [3.05, 3.63) is 83.3 Å². The summed E-state index contributed by atoms with van der Waals surface area (Å²) in [6.07, 6.45) is 5.72. The van der Waals surface area contributed by atoms with Crippen LogP contribution in [0.15, 0.2) is 77.7 Å². The molecular weight excluding hydrogens is 402 g/mol. The topological polar surface area (TPSA) is 60.8 Å². The number of methoxy groups -OCH3 is 2. The Balaban J connectivity index is 2.14. The lowest BCUT2D eigenvalue weighted by molar-refractivity contribution is 0.355. The van der Waals surface area contributed by atoms with E-state index >= 15 is 0 Å². The number of phenols is 1. The summed E-state index contributed by atoms with van der Waals surface area (Å²) in [5.74, 6) is 2.79. The summed E-state index contributed by atoms with van der Waals surface area (Å²) in [6, 6.07) is 12.6. The second-order valence-electron chi connectivity index (χ2n) is 7.69. The molecule has 3 rings (SSSR count). The van der Waals surface area contributed by atoms with E-state index in [0.29, 0.717) is 23.0 Å². The number of phenolic OH excluding ortho intramolecular Hbond substituents is 1. The van der Waals surface area contributed by atoms with Gasteiger partial charge in [0.05, 0.1) is 19.7 Å². The minimum Gasteiger partial charge on any atom is -0.508 e. The Morgan fingerprint density at radius 1 is 0.844 bits per heavy atom. The predicted molar refractivity (Wildman–Crippen MR) is 129 cm³/mol. The van der Waals surface area contributed by atoms with Crippen molar-refractivity contribution in [3.63, 3.8) is 0 Å². The van der Waals surface area contributed by atoms with E-state index in [0.717, 1.165) is 27.6 Å². The minimum absolute atomic E-state index is 0.223. The summed E-state index contributed by atoms with van der Waals surface area (Å²) in [6.45, 7) is 8.22. The van der Waals surface area contributed by atoms with Crippen LogP contribution in [0.1, 0.15) is 33.3 Å². The number of rotatable bonds is 7. The van der Waals surface area contributed by atoms with Gasteiger partial charge in [0.1, 0.15) is 17.3 Å². The zero-order valence-corrected chi connectivity index (χ0v) is 19.4. The van der Waals surface area contributed by atoms with Gasteiger partial charge in [-0.25, -0.2) is 0 Å². The molecule has 166 valence electrons. The first-order chi connectivity index (χ1) is 15.3. The van der Waals surface area contributed by atoms with E-state index in [9.17, 15) is 5.11 Å². The largest absolute Gasteiger partial charge is 0.508 e. The van der Waals surface area contributed by atoms with E-state index in [1.165, 1.54) is 5.57 Å². The normalized spacial score (nSPS) is 11.9. The van der Waals surface area contributed by atoms with Crippen LogP contribution >= 0.6 is 0 Å². The van der Waals surface area contributed by atoms with Crippen LogP contribution in [0.3, 0.4) is 0 Å². The standard InChI is InChI=1S/C27H29NO4/c1-17(2)18(3)7-12-24(19(4)20-8-10-21(29)11-9-20)32-25-13-14-28-23-16-27(31-6)26(30-5)15-22(23)25/h7-16,29H,1-6H3/b12-7-,24-19-. The zero-order chi connectivity index (χ0) is 23.3. The molecule has 0 spiro atoms. The Labute approximate surface area is 189 Å². The van der Waals surface area contributed by atoms with Gasteiger partial charge >= 0.3 is 0 Å². The average Bonchev–Trinajstić information content (AvgIpc) is 2.80. The molecule has 1 heterocycles. The molecule has 1 aromatic heterocycles. The van der Waals surface area contributed by atoms with E-state index in [1.54, 1.807) is 32.5 Å². The van der Waals surface area contributed by atoms with Crippen molar-refractivity contribution in [1.29, 1.82) is 0 Å². The Hall–Kier alpha value is -3.73. The van der Waals surface area contributed by atoms with Crippen LogP contribution in [-0.2, 0) is 0 Å². The quantitative estimate of drug-likeness (QED) is 0.334. The molecule has 0 bridgehead atoms. The number of allylic oxidation sites excluding steroid dienone is 5. The first kappa shape index (κ1) is 22.9. The molecule has 5 nitrogen and oxygen atoms in total. The van der Waals surface area contributed by atoms with E-state index in [1.807, 2.05) is 49.4 Å². The number of aromatic nitrogens is 1. The van der Waals surface area contributed by atoms with Crippen molar-refractivity contribution < 1.29 is 19.3 Å². The number of fused-ring (bicyclic) bond motifs is 1. The van der Waals surface area contributed by atoms with Crippen LogP contribution < -0.4 is 14.2 Å². The van der Waals surface area contributed by atoms with Gasteiger partial charge in [-0.2, -0.15) is 0 Å². The summed E-state index contributed by atoms with van der Waals surface area (Å²) in [7, 11) is 3.20. The van der Waals surface area contributed by atoms with Gasteiger partial charge in [-0.3, -0.25) is 4.98 Å². The lowest BCUT2D eigenvalue weighted by atomic mass is 10.0. The van der Waals surface area contributed by atoms with Crippen molar-refractivity contribution in [2.75, 3.05) is 14.2 Å². The van der Waals surface area contributed by atoms with Crippen molar-refractivity contribution in [2.45, 2.75) is 27.7 Å². The van der Waals surface area contributed by atoms with E-state index < -0.39 is 0 Å². The van der Waals surface area contributed by atoms with Gasteiger partial charge in [0.25, 0.3) is 0 Å². The maximum absolute atomic E-state index is 9.66. The molecule has 0 atom stereocenters. The van der Waals surface area contributed by atoms with Gasteiger partial charge < -0.3 is 19.3 Å². The highest BCUT2D eigenvalue weighted by Crippen LogP contribution is 2.36. The Kier molecular flexibility index (Phi) is 7.21. The molecule has 0 aliphatic heterocycles. The summed E-state index contributed by atoms with van der Waals surface area (Å²) >= 11 is 0. The van der Waals surface area contributed by atoms with E-state index in [4.69, 9.17) is 14.2 Å².